The molecule has 0 bridgehead atoms. The van der Waals surface area contributed by atoms with Gasteiger partial charge in [0.2, 0.25) is 5.82 Å². The monoisotopic (exact) mass is 423 g/mol. The zero-order chi connectivity index (χ0) is 21.6. The van der Waals surface area contributed by atoms with Gasteiger partial charge in [0.05, 0.1) is 18.7 Å². The van der Waals surface area contributed by atoms with Crippen molar-refractivity contribution in [1.29, 1.82) is 0 Å². The van der Waals surface area contributed by atoms with Crippen molar-refractivity contribution < 1.29 is 13.9 Å². The Labute approximate surface area is 183 Å². The zero-order valence-corrected chi connectivity index (χ0v) is 18.2. The van der Waals surface area contributed by atoms with E-state index in [-0.39, 0.29) is 11.5 Å². The number of para-hydroxylation sites is 1. The SMILES string of the molecule is CCOc1cc(CN2CCC(Nc3ccnc4ccccc34)CC2)cc(OCC)c1F. The predicted octanol–water partition coefficient (Wildman–Crippen LogP) is 5.25. The fraction of sp³-hybridized carbons (Fsp3) is 0.400. The number of piperidine rings is 1. The number of hydrogen-bond donors (Lipinski definition) is 1. The molecule has 0 spiro atoms. The number of ether oxygens (including phenoxy) is 2. The summed E-state index contributed by atoms with van der Waals surface area (Å²) in [7, 11) is 0. The van der Waals surface area contributed by atoms with Gasteiger partial charge in [-0.2, -0.15) is 4.39 Å². The van der Waals surface area contributed by atoms with Crippen LogP contribution in [0.4, 0.5) is 10.1 Å². The topological polar surface area (TPSA) is 46.6 Å². The Hall–Kier alpha value is -2.86. The van der Waals surface area contributed by atoms with Gasteiger partial charge in [0.25, 0.3) is 0 Å². The quantitative estimate of drug-likeness (QED) is 0.536. The second kappa shape index (κ2) is 9.96. The van der Waals surface area contributed by atoms with E-state index in [4.69, 9.17) is 9.47 Å². The van der Waals surface area contributed by atoms with E-state index < -0.39 is 5.82 Å². The van der Waals surface area contributed by atoms with Crippen molar-refractivity contribution in [2.45, 2.75) is 39.3 Å². The van der Waals surface area contributed by atoms with Gasteiger partial charge in [-0.1, -0.05) is 18.2 Å². The first-order valence-corrected chi connectivity index (χ1v) is 11.1. The second-order valence-corrected chi connectivity index (χ2v) is 7.84. The molecule has 3 aromatic rings. The number of fused-ring (bicyclic) bond motifs is 1. The van der Waals surface area contributed by atoms with Gasteiger partial charge in [0.1, 0.15) is 0 Å². The molecule has 1 aliphatic rings. The molecule has 0 radical (unpaired) electrons. The maximum atomic E-state index is 14.5. The lowest BCUT2D eigenvalue weighted by atomic mass is 10.0. The summed E-state index contributed by atoms with van der Waals surface area (Å²) in [5, 5.41) is 4.87. The van der Waals surface area contributed by atoms with Crippen LogP contribution in [0.15, 0.2) is 48.7 Å². The third-order valence-electron chi connectivity index (χ3n) is 5.67. The summed E-state index contributed by atoms with van der Waals surface area (Å²) >= 11 is 0. The van der Waals surface area contributed by atoms with Crippen LogP contribution in [0.25, 0.3) is 10.9 Å². The number of halogens is 1. The van der Waals surface area contributed by atoms with Crippen LogP contribution in [0.5, 0.6) is 11.5 Å². The highest BCUT2D eigenvalue weighted by Gasteiger charge is 2.21. The van der Waals surface area contributed by atoms with Gasteiger partial charge in [-0.15, -0.1) is 0 Å². The van der Waals surface area contributed by atoms with Gasteiger partial charge < -0.3 is 14.8 Å². The van der Waals surface area contributed by atoms with E-state index in [2.05, 4.69) is 27.3 Å². The Kier molecular flexibility index (Phi) is 6.87. The molecule has 0 atom stereocenters. The van der Waals surface area contributed by atoms with Crippen LogP contribution < -0.4 is 14.8 Å². The van der Waals surface area contributed by atoms with E-state index in [1.165, 1.54) is 0 Å². The van der Waals surface area contributed by atoms with E-state index in [0.717, 1.165) is 54.6 Å². The normalized spacial score (nSPS) is 15.2. The van der Waals surface area contributed by atoms with Crippen LogP contribution in [-0.2, 0) is 6.54 Å². The summed E-state index contributed by atoms with van der Waals surface area (Å²) in [5.74, 6) is 0.120. The Morgan fingerprint density at radius 1 is 1.03 bits per heavy atom. The number of likely N-dealkylation sites (tertiary alicyclic amines) is 1. The van der Waals surface area contributed by atoms with Crippen LogP contribution in [0, 0.1) is 5.82 Å². The number of benzene rings is 2. The molecule has 2 aromatic carbocycles. The number of nitrogens with one attached hydrogen (secondary N) is 1. The van der Waals surface area contributed by atoms with Gasteiger partial charge in [0.15, 0.2) is 11.5 Å². The highest BCUT2D eigenvalue weighted by molar-refractivity contribution is 5.90. The molecule has 2 heterocycles. The van der Waals surface area contributed by atoms with Crippen molar-refractivity contribution in [3.63, 3.8) is 0 Å². The molecule has 0 unspecified atom stereocenters. The average Bonchev–Trinajstić information content (AvgIpc) is 2.79. The van der Waals surface area contributed by atoms with Gasteiger partial charge in [-0.3, -0.25) is 9.88 Å². The third kappa shape index (κ3) is 5.07. The van der Waals surface area contributed by atoms with Crippen molar-refractivity contribution in [2.24, 2.45) is 0 Å². The molecule has 1 saturated heterocycles. The van der Waals surface area contributed by atoms with Crippen molar-refractivity contribution in [1.82, 2.24) is 9.88 Å². The number of hydrogen-bond acceptors (Lipinski definition) is 5. The van der Waals surface area contributed by atoms with E-state index in [0.29, 0.717) is 19.3 Å². The van der Waals surface area contributed by atoms with Gasteiger partial charge >= 0.3 is 0 Å². The van der Waals surface area contributed by atoms with E-state index >= 15 is 0 Å². The van der Waals surface area contributed by atoms with Crippen molar-refractivity contribution in [2.75, 3.05) is 31.6 Å². The Balaban J connectivity index is 1.39. The van der Waals surface area contributed by atoms with Crippen LogP contribution in [0.1, 0.15) is 32.3 Å². The summed E-state index contributed by atoms with van der Waals surface area (Å²) < 4.78 is 25.5. The summed E-state index contributed by atoms with van der Waals surface area (Å²) in [5.41, 5.74) is 3.17. The number of rotatable bonds is 8. The smallest absolute Gasteiger partial charge is 0.206 e. The Bertz CT molecular complexity index is 986. The number of nitrogens with zero attached hydrogens (tertiary/aromatic N) is 2. The van der Waals surface area contributed by atoms with Crippen LogP contribution >= 0.6 is 0 Å². The molecule has 5 nitrogen and oxygen atoms in total. The van der Waals surface area contributed by atoms with Crippen LogP contribution in [0.3, 0.4) is 0 Å². The summed E-state index contributed by atoms with van der Waals surface area (Å²) in [6.07, 6.45) is 3.96. The largest absolute Gasteiger partial charge is 0.491 e. The molecule has 1 fully saturated rings. The van der Waals surface area contributed by atoms with E-state index in [1.54, 1.807) is 12.1 Å². The lowest BCUT2D eigenvalue weighted by Crippen LogP contribution is -2.38. The first kappa shape index (κ1) is 21.4. The van der Waals surface area contributed by atoms with Crippen molar-refractivity contribution in [3.05, 3.63) is 60.0 Å². The van der Waals surface area contributed by atoms with E-state index in [9.17, 15) is 4.39 Å². The molecule has 1 aromatic heterocycles. The van der Waals surface area contributed by atoms with Crippen LogP contribution in [-0.4, -0.2) is 42.2 Å². The molecular formula is C25H30FN3O2. The lowest BCUT2D eigenvalue weighted by Gasteiger charge is -2.33. The second-order valence-electron chi connectivity index (χ2n) is 7.84. The number of anilines is 1. The molecule has 0 saturated carbocycles. The molecule has 6 heteroatoms. The summed E-state index contributed by atoms with van der Waals surface area (Å²) in [6.45, 7) is 7.27. The highest BCUT2D eigenvalue weighted by atomic mass is 19.1. The van der Waals surface area contributed by atoms with Crippen LogP contribution in [0.2, 0.25) is 0 Å². The first-order chi connectivity index (χ1) is 15.2. The minimum absolute atomic E-state index is 0.268. The first-order valence-electron chi connectivity index (χ1n) is 11.1. The maximum absolute atomic E-state index is 14.5. The van der Waals surface area contributed by atoms with Gasteiger partial charge in [-0.25, -0.2) is 0 Å². The van der Waals surface area contributed by atoms with Crippen molar-refractivity contribution >= 4 is 16.6 Å². The molecule has 0 aliphatic carbocycles. The number of aromatic nitrogens is 1. The zero-order valence-electron chi connectivity index (χ0n) is 18.2. The molecule has 1 N–H and O–H groups in total. The minimum Gasteiger partial charge on any atom is -0.491 e. The average molecular weight is 424 g/mol. The molecule has 4 rings (SSSR count). The Morgan fingerprint density at radius 3 is 2.39 bits per heavy atom. The third-order valence-corrected chi connectivity index (χ3v) is 5.67. The molecular weight excluding hydrogens is 393 g/mol. The number of pyridine rings is 1. The maximum Gasteiger partial charge on any atom is 0.206 e. The predicted molar refractivity (Wildman–Crippen MR) is 122 cm³/mol. The van der Waals surface area contributed by atoms with Gasteiger partial charge in [0, 0.05) is 42.9 Å². The fourth-order valence-corrected chi connectivity index (χ4v) is 4.17. The Morgan fingerprint density at radius 2 is 1.71 bits per heavy atom. The summed E-state index contributed by atoms with van der Waals surface area (Å²) in [4.78, 5) is 6.85. The highest BCUT2D eigenvalue weighted by Crippen LogP contribution is 2.30. The molecule has 164 valence electrons. The lowest BCUT2D eigenvalue weighted by molar-refractivity contribution is 0.210. The van der Waals surface area contributed by atoms with E-state index in [1.807, 2.05) is 38.2 Å². The molecule has 0 amide bonds. The molecule has 31 heavy (non-hydrogen) atoms. The van der Waals surface area contributed by atoms with Crippen molar-refractivity contribution in [3.8, 4) is 11.5 Å². The fourth-order valence-electron chi connectivity index (χ4n) is 4.17. The summed E-state index contributed by atoms with van der Waals surface area (Å²) in [6, 6.07) is 14.3. The minimum atomic E-state index is -0.417. The van der Waals surface area contributed by atoms with Gasteiger partial charge in [-0.05, 0) is 56.5 Å². The standard InChI is InChI=1S/C25H30FN3O2/c1-3-30-23-15-18(16-24(25(23)26)31-4-2)17-29-13-10-19(11-14-29)28-22-9-12-27-21-8-6-5-7-20(21)22/h5-9,12,15-16,19H,3-4,10-11,13-14,17H2,1-2H3,(H,27,28). The molecule has 1 aliphatic heterocycles.